The van der Waals surface area contributed by atoms with Crippen molar-refractivity contribution in [2.75, 3.05) is 38.1 Å². The number of nitrogens with one attached hydrogen (secondary N) is 1. The van der Waals surface area contributed by atoms with E-state index >= 15 is 0 Å². The number of benzene rings is 1. The smallest absolute Gasteiger partial charge is 0.223 e. The van der Waals surface area contributed by atoms with Crippen molar-refractivity contribution >= 4 is 32.6 Å². The van der Waals surface area contributed by atoms with Crippen molar-refractivity contribution in [2.45, 2.75) is 71.3 Å². The van der Waals surface area contributed by atoms with Crippen LogP contribution in [0.3, 0.4) is 0 Å². The summed E-state index contributed by atoms with van der Waals surface area (Å²) in [5, 5.41) is 4.31. The van der Waals surface area contributed by atoms with Gasteiger partial charge in [-0.15, -0.1) is 0 Å². The zero-order chi connectivity index (χ0) is 21.8. The zero-order valence-corrected chi connectivity index (χ0v) is 20.3. The molecule has 1 aromatic heterocycles. The molecule has 1 amide bonds. The van der Waals surface area contributed by atoms with E-state index in [1.807, 2.05) is 0 Å². The van der Waals surface area contributed by atoms with Crippen molar-refractivity contribution in [2.24, 2.45) is 5.92 Å². The quantitative estimate of drug-likeness (QED) is 0.620. The predicted molar refractivity (Wildman–Crippen MR) is 131 cm³/mol. The molecule has 1 N–H and O–H groups in total. The number of anilines is 1. The van der Waals surface area contributed by atoms with Crippen molar-refractivity contribution in [1.29, 1.82) is 0 Å². The van der Waals surface area contributed by atoms with E-state index in [1.54, 1.807) is 11.3 Å². The Morgan fingerprint density at radius 2 is 1.90 bits per heavy atom. The van der Waals surface area contributed by atoms with Crippen molar-refractivity contribution < 1.29 is 4.79 Å². The average molecular weight is 443 g/mol. The normalized spacial score (nSPS) is 18.8. The van der Waals surface area contributed by atoms with Gasteiger partial charge in [0, 0.05) is 31.6 Å². The van der Waals surface area contributed by atoms with Crippen LogP contribution in [0.5, 0.6) is 0 Å². The summed E-state index contributed by atoms with van der Waals surface area (Å²) in [6.07, 6.45) is 9.72. The molecule has 2 fully saturated rings. The topological polar surface area (TPSA) is 48.5 Å². The Kier molecular flexibility index (Phi) is 7.49. The molecule has 0 bridgehead atoms. The summed E-state index contributed by atoms with van der Waals surface area (Å²) in [5.74, 6) is 0.390. The van der Waals surface area contributed by atoms with Gasteiger partial charge in [0.2, 0.25) is 5.91 Å². The maximum atomic E-state index is 12.7. The molecule has 0 atom stereocenters. The highest BCUT2D eigenvalue weighted by Crippen LogP contribution is 2.33. The molecule has 4 rings (SSSR count). The van der Waals surface area contributed by atoms with Gasteiger partial charge in [0.25, 0.3) is 0 Å². The number of aromatic nitrogens is 1. The Labute approximate surface area is 191 Å². The van der Waals surface area contributed by atoms with E-state index in [1.165, 1.54) is 47.9 Å². The number of hydrogen-bond acceptors (Lipinski definition) is 5. The molecule has 2 aromatic rings. The summed E-state index contributed by atoms with van der Waals surface area (Å²) >= 11 is 1.78. The first-order chi connectivity index (χ1) is 15.0. The first-order valence-corrected chi connectivity index (χ1v) is 12.9. The number of carbonyl (C=O) groups is 1. The summed E-state index contributed by atoms with van der Waals surface area (Å²) in [5.41, 5.74) is 3.67. The van der Waals surface area contributed by atoms with E-state index in [0.29, 0.717) is 0 Å². The lowest BCUT2D eigenvalue weighted by Gasteiger charge is -2.32. The Morgan fingerprint density at radius 3 is 2.65 bits per heavy atom. The van der Waals surface area contributed by atoms with Gasteiger partial charge in [-0.25, -0.2) is 4.98 Å². The van der Waals surface area contributed by atoms with Crippen LogP contribution in [0.2, 0.25) is 0 Å². The minimum atomic E-state index is 0.144. The minimum Gasteiger partial charge on any atom is -0.356 e. The van der Waals surface area contributed by atoms with E-state index in [-0.39, 0.29) is 11.8 Å². The third-order valence-electron chi connectivity index (χ3n) is 7.14. The fourth-order valence-corrected chi connectivity index (χ4v) is 6.41. The highest BCUT2D eigenvalue weighted by molar-refractivity contribution is 7.22. The first kappa shape index (κ1) is 22.5. The van der Waals surface area contributed by atoms with Crippen molar-refractivity contribution in [3.63, 3.8) is 0 Å². The summed E-state index contributed by atoms with van der Waals surface area (Å²) in [6, 6.07) is 5.19. The molecule has 0 unspecified atom stereocenters. The largest absolute Gasteiger partial charge is 0.356 e. The Bertz CT molecular complexity index is 881. The van der Waals surface area contributed by atoms with E-state index in [2.05, 4.69) is 48.1 Å². The number of fused-ring (bicyclic) bond motifs is 1. The zero-order valence-electron chi connectivity index (χ0n) is 19.5. The molecule has 170 valence electrons. The molecule has 5 nitrogen and oxygen atoms in total. The molecular weight excluding hydrogens is 404 g/mol. The van der Waals surface area contributed by atoms with Crippen LogP contribution >= 0.6 is 11.3 Å². The number of carbonyl (C=O) groups excluding carboxylic acids is 1. The summed E-state index contributed by atoms with van der Waals surface area (Å²) in [7, 11) is 2.25. The third-order valence-corrected chi connectivity index (χ3v) is 8.20. The van der Waals surface area contributed by atoms with Gasteiger partial charge in [-0.2, -0.15) is 0 Å². The second-order valence-electron chi connectivity index (χ2n) is 9.60. The number of rotatable bonds is 7. The van der Waals surface area contributed by atoms with Gasteiger partial charge < -0.3 is 15.1 Å². The molecule has 1 saturated carbocycles. The lowest BCUT2D eigenvalue weighted by molar-refractivity contribution is -0.125. The predicted octanol–water partition coefficient (Wildman–Crippen LogP) is 4.90. The Balaban J connectivity index is 1.20. The van der Waals surface area contributed by atoms with Crippen LogP contribution in [0.4, 0.5) is 5.13 Å². The van der Waals surface area contributed by atoms with Gasteiger partial charge in [-0.1, -0.05) is 36.7 Å². The minimum absolute atomic E-state index is 0.144. The third kappa shape index (κ3) is 5.58. The molecule has 1 aliphatic carbocycles. The Morgan fingerprint density at radius 1 is 1.16 bits per heavy atom. The van der Waals surface area contributed by atoms with E-state index in [9.17, 15) is 4.79 Å². The van der Waals surface area contributed by atoms with Crippen molar-refractivity contribution in [3.05, 3.63) is 23.3 Å². The van der Waals surface area contributed by atoms with Gasteiger partial charge in [0.1, 0.15) is 0 Å². The van der Waals surface area contributed by atoms with Crippen LogP contribution < -0.4 is 10.2 Å². The lowest BCUT2D eigenvalue weighted by Crippen LogP contribution is -2.41. The van der Waals surface area contributed by atoms with Crippen LogP contribution in [0.15, 0.2) is 12.1 Å². The van der Waals surface area contributed by atoms with Gasteiger partial charge in [0.05, 0.1) is 10.2 Å². The van der Waals surface area contributed by atoms with Crippen LogP contribution in [-0.2, 0) is 4.79 Å². The number of amides is 1. The molecule has 1 aromatic carbocycles. The highest BCUT2D eigenvalue weighted by atomic mass is 32.1. The van der Waals surface area contributed by atoms with E-state index in [0.717, 1.165) is 62.1 Å². The van der Waals surface area contributed by atoms with Gasteiger partial charge in [0.15, 0.2) is 5.13 Å². The molecule has 0 spiro atoms. The van der Waals surface area contributed by atoms with Gasteiger partial charge in [-0.05, 0) is 76.7 Å². The van der Waals surface area contributed by atoms with Gasteiger partial charge >= 0.3 is 0 Å². The Hall–Kier alpha value is -1.66. The monoisotopic (exact) mass is 442 g/mol. The molecule has 1 saturated heterocycles. The summed E-state index contributed by atoms with van der Waals surface area (Å²) in [4.78, 5) is 22.4. The highest BCUT2D eigenvalue weighted by Gasteiger charge is 2.26. The second kappa shape index (κ2) is 10.3. The SMILES string of the molecule is Cc1cc(C)c2nc(N3CCC(C(=O)NCCCN(C)C4CCCCC4)CC3)sc2c1. The molecular formula is C25H38N4OS. The molecule has 31 heavy (non-hydrogen) atoms. The maximum absolute atomic E-state index is 12.7. The molecule has 6 heteroatoms. The number of piperidine rings is 1. The summed E-state index contributed by atoms with van der Waals surface area (Å²) < 4.78 is 1.27. The van der Waals surface area contributed by atoms with Crippen molar-refractivity contribution in [3.8, 4) is 0 Å². The van der Waals surface area contributed by atoms with Crippen LogP contribution in [0.25, 0.3) is 10.2 Å². The second-order valence-corrected chi connectivity index (χ2v) is 10.6. The van der Waals surface area contributed by atoms with Crippen LogP contribution in [0, 0.1) is 19.8 Å². The molecule has 2 heterocycles. The molecule has 1 aliphatic heterocycles. The number of nitrogens with zero attached hydrogens (tertiary/aromatic N) is 3. The van der Waals surface area contributed by atoms with Gasteiger partial charge in [-0.3, -0.25) is 4.79 Å². The van der Waals surface area contributed by atoms with Crippen LogP contribution in [-0.4, -0.2) is 55.1 Å². The molecule has 0 radical (unpaired) electrons. The first-order valence-electron chi connectivity index (χ1n) is 12.1. The average Bonchev–Trinajstić information content (AvgIpc) is 3.21. The number of hydrogen-bond donors (Lipinski definition) is 1. The fourth-order valence-electron chi connectivity index (χ4n) is 5.22. The maximum Gasteiger partial charge on any atom is 0.223 e. The summed E-state index contributed by atoms with van der Waals surface area (Å²) in [6.45, 7) is 8.00. The lowest BCUT2D eigenvalue weighted by atomic mass is 9.94. The number of aryl methyl sites for hydroxylation is 2. The molecule has 2 aliphatic rings. The standard InChI is InChI=1S/C25H38N4OS/c1-18-16-19(2)23-22(17-18)31-25(27-23)29-14-10-20(11-15-29)24(30)26-12-7-13-28(3)21-8-5-4-6-9-21/h16-17,20-21H,4-15H2,1-3H3,(H,26,30). The number of thiazole rings is 1. The van der Waals surface area contributed by atoms with Crippen molar-refractivity contribution in [1.82, 2.24) is 15.2 Å². The van der Waals surface area contributed by atoms with E-state index < -0.39 is 0 Å². The van der Waals surface area contributed by atoms with Crippen LogP contribution in [0.1, 0.15) is 62.5 Å². The fraction of sp³-hybridized carbons (Fsp3) is 0.680. The van der Waals surface area contributed by atoms with E-state index in [4.69, 9.17) is 4.98 Å².